The Morgan fingerprint density at radius 3 is 2.79 bits per heavy atom. The summed E-state index contributed by atoms with van der Waals surface area (Å²) in [5, 5.41) is 13.3. The Labute approximate surface area is 141 Å². The third-order valence-corrected chi connectivity index (χ3v) is 3.53. The first-order chi connectivity index (χ1) is 11.4. The van der Waals surface area contributed by atoms with Gasteiger partial charge in [0, 0.05) is 17.7 Å². The SMILES string of the molecule is Cc1[nH]c(=O)[nH]c(=O)c1CCC(=O)N/N=C/c1ccc(O)c(Cl)c1. The van der Waals surface area contributed by atoms with E-state index in [2.05, 4.69) is 20.5 Å². The van der Waals surface area contributed by atoms with Gasteiger partial charge in [-0.05, 0) is 37.1 Å². The van der Waals surface area contributed by atoms with Crippen LogP contribution >= 0.6 is 11.6 Å². The Kier molecular flexibility index (Phi) is 5.54. The molecule has 0 fully saturated rings. The van der Waals surface area contributed by atoms with Crippen LogP contribution in [0.3, 0.4) is 0 Å². The molecule has 1 aromatic carbocycles. The van der Waals surface area contributed by atoms with E-state index in [0.717, 1.165) is 0 Å². The van der Waals surface area contributed by atoms with Crippen LogP contribution in [0.1, 0.15) is 23.2 Å². The van der Waals surface area contributed by atoms with Crippen LogP contribution in [0.25, 0.3) is 0 Å². The van der Waals surface area contributed by atoms with Gasteiger partial charge in [-0.2, -0.15) is 5.10 Å². The minimum Gasteiger partial charge on any atom is -0.506 e. The molecule has 4 N–H and O–H groups in total. The third kappa shape index (κ3) is 4.56. The lowest BCUT2D eigenvalue weighted by Gasteiger charge is -2.03. The maximum Gasteiger partial charge on any atom is 0.325 e. The summed E-state index contributed by atoms with van der Waals surface area (Å²) < 4.78 is 0. The summed E-state index contributed by atoms with van der Waals surface area (Å²) in [6.45, 7) is 1.59. The van der Waals surface area contributed by atoms with Gasteiger partial charge in [0.15, 0.2) is 0 Å². The fourth-order valence-electron chi connectivity index (χ4n) is 2.00. The van der Waals surface area contributed by atoms with Gasteiger partial charge in [0.25, 0.3) is 5.56 Å². The molecule has 24 heavy (non-hydrogen) atoms. The Hall–Kier alpha value is -2.87. The third-order valence-electron chi connectivity index (χ3n) is 3.23. The predicted molar refractivity (Wildman–Crippen MR) is 89.6 cm³/mol. The highest BCUT2D eigenvalue weighted by atomic mass is 35.5. The molecule has 126 valence electrons. The summed E-state index contributed by atoms with van der Waals surface area (Å²) in [5.74, 6) is -0.430. The molecule has 0 unspecified atom stereocenters. The van der Waals surface area contributed by atoms with Crippen molar-refractivity contribution in [2.24, 2.45) is 5.10 Å². The fraction of sp³-hybridized carbons (Fsp3) is 0.200. The molecule has 0 saturated carbocycles. The molecule has 0 aliphatic rings. The van der Waals surface area contributed by atoms with E-state index in [1.807, 2.05) is 0 Å². The number of aromatic nitrogens is 2. The van der Waals surface area contributed by atoms with Gasteiger partial charge in [0.2, 0.25) is 5.91 Å². The summed E-state index contributed by atoms with van der Waals surface area (Å²) >= 11 is 5.76. The fourth-order valence-corrected chi connectivity index (χ4v) is 2.19. The number of hydrogen-bond donors (Lipinski definition) is 4. The van der Waals surface area contributed by atoms with E-state index in [1.54, 1.807) is 13.0 Å². The van der Waals surface area contributed by atoms with Crippen molar-refractivity contribution in [3.05, 3.63) is 60.9 Å². The first-order valence-corrected chi connectivity index (χ1v) is 7.37. The van der Waals surface area contributed by atoms with Gasteiger partial charge in [-0.25, -0.2) is 10.2 Å². The number of rotatable bonds is 5. The lowest BCUT2D eigenvalue weighted by atomic mass is 10.1. The van der Waals surface area contributed by atoms with Crippen molar-refractivity contribution in [3.63, 3.8) is 0 Å². The minimum absolute atomic E-state index is 0.0314. The molecular weight excluding hydrogens is 336 g/mol. The second kappa shape index (κ2) is 7.60. The molecule has 0 aliphatic carbocycles. The largest absolute Gasteiger partial charge is 0.506 e. The lowest BCUT2D eigenvalue weighted by molar-refractivity contribution is -0.121. The van der Waals surface area contributed by atoms with Crippen LogP contribution in [0.4, 0.5) is 0 Å². The number of H-pyrrole nitrogens is 2. The van der Waals surface area contributed by atoms with E-state index in [0.29, 0.717) is 16.8 Å². The van der Waals surface area contributed by atoms with E-state index >= 15 is 0 Å². The van der Waals surface area contributed by atoms with Crippen molar-refractivity contribution in [1.29, 1.82) is 0 Å². The molecule has 1 aromatic heterocycles. The maximum atomic E-state index is 11.7. The molecule has 1 heterocycles. The highest BCUT2D eigenvalue weighted by Gasteiger charge is 2.08. The summed E-state index contributed by atoms with van der Waals surface area (Å²) in [7, 11) is 0. The summed E-state index contributed by atoms with van der Waals surface area (Å²) in [4.78, 5) is 39.1. The van der Waals surface area contributed by atoms with Crippen LogP contribution in [-0.4, -0.2) is 27.2 Å². The quantitative estimate of drug-likeness (QED) is 0.470. The van der Waals surface area contributed by atoms with Crippen molar-refractivity contribution in [3.8, 4) is 5.75 Å². The van der Waals surface area contributed by atoms with Gasteiger partial charge in [-0.15, -0.1) is 0 Å². The van der Waals surface area contributed by atoms with Gasteiger partial charge < -0.3 is 10.1 Å². The molecule has 8 nitrogen and oxygen atoms in total. The molecule has 0 saturated heterocycles. The molecule has 0 radical (unpaired) electrons. The van der Waals surface area contributed by atoms with Crippen molar-refractivity contribution in [1.82, 2.24) is 15.4 Å². The molecule has 9 heteroatoms. The number of aromatic hydroxyl groups is 1. The zero-order valence-corrected chi connectivity index (χ0v) is 13.5. The van der Waals surface area contributed by atoms with Gasteiger partial charge >= 0.3 is 5.69 Å². The number of aromatic amines is 2. The number of phenols is 1. The molecular formula is C15H15ClN4O4. The molecule has 0 atom stereocenters. The number of amides is 1. The number of aryl methyl sites for hydroxylation is 1. The lowest BCUT2D eigenvalue weighted by Crippen LogP contribution is -2.28. The Morgan fingerprint density at radius 1 is 1.38 bits per heavy atom. The van der Waals surface area contributed by atoms with Crippen molar-refractivity contribution >= 4 is 23.7 Å². The first-order valence-electron chi connectivity index (χ1n) is 6.99. The topological polar surface area (TPSA) is 127 Å². The highest BCUT2D eigenvalue weighted by molar-refractivity contribution is 6.32. The Morgan fingerprint density at radius 2 is 2.12 bits per heavy atom. The first kappa shape index (κ1) is 17.5. The molecule has 2 aromatic rings. The number of hydrogen-bond acceptors (Lipinski definition) is 5. The van der Waals surface area contributed by atoms with Crippen LogP contribution in [0, 0.1) is 6.92 Å². The number of halogens is 1. The number of carbonyl (C=O) groups is 1. The van der Waals surface area contributed by atoms with Crippen molar-refractivity contribution in [2.45, 2.75) is 19.8 Å². The van der Waals surface area contributed by atoms with Gasteiger partial charge in [0.05, 0.1) is 11.2 Å². The second-order valence-corrected chi connectivity index (χ2v) is 5.42. The van der Waals surface area contributed by atoms with Gasteiger partial charge in [-0.3, -0.25) is 14.6 Å². The van der Waals surface area contributed by atoms with E-state index in [-0.39, 0.29) is 29.5 Å². The zero-order valence-electron chi connectivity index (χ0n) is 12.7. The minimum atomic E-state index is -0.581. The van der Waals surface area contributed by atoms with E-state index in [9.17, 15) is 19.5 Å². The second-order valence-electron chi connectivity index (χ2n) is 5.02. The Bertz CT molecular complexity index is 901. The number of carbonyl (C=O) groups excluding carboxylic acids is 1. The van der Waals surface area contributed by atoms with Crippen LogP contribution in [0.15, 0.2) is 32.9 Å². The molecule has 0 bridgehead atoms. The van der Waals surface area contributed by atoms with Crippen LogP contribution in [0.5, 0.6) is 5.75 Å². The number of benzene rings is 1. The van der Waals surface area contributed by atoms with Crippen molar-refractivity contribution in [2.75, 3.05) is 0 Å². The summed E-state index contributed by atoms with van der Waals surface area (Å²) in [5.41, 5.74) is 2.62. The average molecular weight is 351 g/mol. The summed E-state index contributed by atoms with van der Waals surface area (Å²) in [6.07, 6.45) is 1.58. The molecule has 0 spiro atoms. The normalized spacial score (nSPS) is 10.9. The van der Waals surface area contributed by atoms with Crippen LogP contribution in [0.2, 0.25) is 5.02 Å². The van der Waals surface area contributed by atoms with Crippen LogP contribution < -0.4 is 16.7 Å². The van der Waals surface area contributed by atoms with E-state index in [4.69, 9.17) is 11.6 Å². The van der Waals surface area contributed by atoms with Crippen LogP contribution in [-0.2, 0) is 11.2 Å². The number of nitrogens with zero attached hydrogens (tertiary/aromatic N) is 1. The zero-order chi connectivity index (χ0) is 17.7. The van der Waals surface area contributed by atoms with E-state index in [1.165, 1.54) is 18.3 Å². The molecule has 2 rings (SSSR count). The average Bonchev–Trinajstić information content (AvgIpc) is 2.49. The van der Waals surface area contributed by atoms with Gasteiger partial charge in [0.1, 0.15) is 5.75 Å². The summed E-state index contributed by atoms with van der Waals surface area (Å²) in [6, 6.07) is 4.49. The number of phenolic OH excluding ortho intramolecular Hbond substituents is 1. The molecule has 0 aliphatic heterocycles. The van der Waals surface area contributed by atoms with Crippen molar-refractivity contribution < 1.29 is 9.90 Å². The highest BCUT2D eigenvalue weighted by Crippen LogP contribution is 2.22. The molecule has 1 amide bonds. The standard InChI is InChI=1S/C15H15ClN4O4/c1-8-10(14(23)19-15(24)18-8)3-5-13(22)20-17-7-9-2-4-12(21)11(16)6-9/h2,4,6-7,21H,3,5H2,1H3,(H,20,22)(H2,18,19,23,24)/b17-7+. The van der Waals surface area contributed by atoms with Gasteiger partial charge in [-0.1, -0.05) is 11.6 Å². The number of hydrazone groups is 1. The van der Waals surface area contributed by atoms with E-state index < -0.39 is 11.2 Å². The maximum absolute atomic E-state index is 11.7. The smallest absolute Gasteiger partial charge is 0.325 e. The predicted octanol–water partition coefficient (Wildman–Crippen LogP) is 0.814. The number of nitrogens with one attached hydrogen (secondary N) is 3. The monoisotopic (exact) mass is 350 g/mol. The Balaban J connectivity index is 1.92.